The van der Waals surface area contributed by atoms with Gasteiger partial charge in [0, 0.05) is 18.8 Å². The lowest BCUT2D eigenvalue weighted by Gasteiger charge is -2.11. The van der Waals surface area contributed by atoms with Gasteiger partial charge in [0.15, 0.2) is 0 Å². The number of halogens is 1. The number of likely N-dealkylation sites (N-methyl/N-ethyl adjacent to an activating group) is 1. The van der Waals surface area contributed by atoms with Crippen LogP contribution in [-0.4, -0.2) is 61.5 Å². The number of aromatic hydroxyl groups is 1. The predicted octanol–water partition coefficient (Wildman–Crippen LogP) is 2.67. The lowest BCUT2D eigenvalue weighted by molar-refractivity contribution is 0.102. The van der Waals surface area contributed by atoms with Crippen molar-refractivity contribution < 1.29 is 18.3 Å². The molecule has 174 valence electrons. The van der Waals surface area contributed by atoms with E-state index in [0.29, 0.717) is 24.5 Å². The molecule has 1 aromatic heterocycles. The van der Waals surface area contributed by atoms with Crippen LogP contribution in [0.2, 0.25) is 5.02 Å². The quantitative estimate of drug-likeness (QED) is 0.359. The maximum absolute atomic E-state index is 12.3. The molecule has 12 heteroatoms. The van der Waals surface area contributed by atoms with Crippen LogP contribution >= 0.6 is 11.6 Å². The van der Waals surface area contributed by atoms with Crippen LogP contribution in [0.25, 0.3) is 0 Å². The second-order valence-corrected chi connectivity index (χ2v) is 9.44. The molecule has 2 aromatic carbocycles. The molecule has 0 saturated heterocycles. The van der Waals surface area contributed by atoms with E-state index in [2.05, 4.69) is 25.3 Å². The number of hydrogen-bond donors (Lipinski definition) is 4. The first-order valence-electron chi connectivity index (χ1n) is 9.77. The molecule has 0 bridgehead atoms. The summed E-state index contributed by atoms with van der Waals surface area (Å²) in [5.41, 5.74) is 1.03. The smallest absolute Gasteiger partial charge is 0.257 e. The summed E-state index contributed by atoms with van der Waals surface area (Å²) in [4.78, 5) is 22.6. The number of hydrogen-bond acceptors (Lipinski definition) is 8. The van der Waals surface area contributed by atoms with Crippen molar-refractivity contribution in [2.75, 3.05) is 37.8 Å². The Hall–Kier alpha value is -3.25. The van der Waals surface area contributed by atoms with E-state index in [4.69, 9.17) is 11.6 Å². The zero-order valence-corrected chi connectivity index (χ0v) is 19.5. The number of carbonyl (C=O) groups excluding carboxylic acids is 1. The summed E-state index contributed by atoms with van der Waals surface area (Å²) in [7, 11) is 0.134. The van der Waals surface area contributed by atoms with Gasteiger partial charge < -0.3 is 20.6 Å². The first kappa shape index (κ1) is 24.4. The van der Waals surface area contributed by atoms with Crippen LogP contribution in [0.4, 0.5) is 17.3 Å². The molecule has 1 amide bonds. The van der Waals surface area contributed by atoms with E-state index in [1.807, 2.05) is 19.0 Å². The average molecular weight is 491 g/mol. The Labute approximate surface area is 196 Å². The fourth-order valence-electron chi connectivity index (χ4n) is 2.68. The molecular formula is C21H23ClN6O4S. The summed E-state index contributed by atoms with van der Waals surface area (Å²) < 4.78 is 27.2. The van der Waals surface area contributed by atoms with E-state index in [-0.39, 0.29) is 27.2 Å². The van der Waals surface area contributed by atoms with Gasteiger partial charge in [-0.25, -0.2) is 23.1 Å². The number of benzene rings is 2. The van der Waals surface area contributed by atoms with Crippen molar-refractivity contribution in [3.05, 3.63) is 65.4 Å². The number of anilines is 3. The number of nitrogens with zero attached hydrogens (tertiary/aromatic N) is 3. The zero-order valence-electron chi connectivity index (χ0n) is 17.9. The van der Waals surface area contributed by atoms with Gasteiger partial charge in [0.25, 0.3) is 5.91 Å². The molecule has 33 heavy (non-hydrogen) atoms. The van der Waals surface area contributed by atoms with Crippen molar-refractivity contribution in [1.82, 2.24) is 19.6 Å². The van der Waals surface area contributed by atoms with E-state index in [9.17, 15) is 18.3 Å². The standard InChI is InChI=1S/C21H23ClN6O4S/c1-28(2)10-9-25-33(31,32)17-6-3-14(4-7-17)27-21-23-12-15(13-24-21)26-20(30)18-11-16(29)5-8-19(18)22/h3-8,11-13,25,29H,9-10H2,1-2H3,(H,26,30)(H,23,24,27). The highest BCUT2D eigenvalue weighted by Gasteiger charge is 2.14. The summed E-state index contributed by atoms with van der Waals surface area (Å²) in [6.45, 7) is 0.900. The Balaban J connectivity index is 1.60. The average Bonchev–Trinajstić information content (AvgIpc) is 2.76. The Kier molecular flexibility index (Phi) is 7.82. The van der Waals surface area contributed by atoms with Gasteiger partial charge in [-0.15, -0.1) is 0 Å². The van der Waals surface area contributed by atoms with Crippen molar-refractivity contribution in [2.24, 2.45) is 0 Å². The number of rotatable bonds is 9. The Bertz CT molecular complexity index is 1220. The van der Waals surface area contributed by atoms with Gasteiger partial charge in [0.05, 0.1) is 33.6 Å². The summed E-state index contributed by atoms with van der Waals surface area (Å²) in [6, 6.07) is 10.2. The van der Waals surface area contributed by atoms with E-state index in [1.54, 1.807) is 12.1 Å². The predicted molar refractivity (Wildman–Crippen MR) is 127 cm³/mol. The van der Waals surface area contributed by atoms with Gasteiger partial charge in [-0.2, -0.15) is 0 Å². The van der Waals surface area contributed by atoms with E-state index in [0.717, 1.165) is 0 Å². The van der Waals surface area contributed by atoms with Gasteiger partial charge in [-0.1, -0.05) is 11.6 Å². The summed E-state index contributed by atoms with van der Waals surface area (Å²) in [5.74, 6) is -0.345. The molecule has 3 aromatic rings. The molecule has 0 aliphatic heterocycles. The minimum absolute atomic E-state index is 0.0801. The molecule has 0 unspecified atom stereocenters. The van der Waals surface area contributed by atoms with Crippen molar-refractivity contribution in [1.29, 1.82) is 0 Å². The molecule has 0 fully saturated rings. The topological polar surface area (TPSA) is 137 Å². The minimum Gasteiger partial charge on any atom is -0.508 e. The number of sulfonamides is 1. The maximum Gasteiger partial charge on any atom is 0.257 e. The van der Waals surface area contributed by atoms with Crippen LogP contribution < -0.4 is 15.4 Å². The number of amides is 1. The molecule has 0 aliphatic carbocycles. The van der Waals surface area contributed by atoms with Gasteiger partial charge in [0.1, 0.15) is 5.75 Å². The van der Waals surface area contributed by atoms with Gasteiger partial charge in [-0.3, -0.25) is 4.79 Å². The van der Waals surface area contributed by atoms with Crippen LogP contribution in [-0.2, 0) is 10.0 Å². The molecule has 4 N–H and O–H groups in total. The van der Waals surface area contributed by atoms with Crippen molar-refractivity contribution in [2.45, 2.75) is 4.90 Å². The first-order valence-corrected chi connectivity index (χ1v) is 11.6. The number of phenolic OH excluding ortho intramolecular Hbond substituents is 1. The summed E-state index contributed by atoms with van der Waals surface area (Å²) in [5, 5.41) is 15.3. The van der Waals surface area contributed by atoms with Crippen LogP contribution in [0.3, 0.4) is 0 Å². The zero-order chi connectivity index (χ0) is 24.0. The fourth-order valence-corrected chi connectivity index (χ4v) is 3.90. The molecule has 0 atom stereocenters. The Morgan fingerprint density at radius 2 is 1.73 bits per heavy atom. The highest BCUT2D eigenvalue weighted by Crippen LogP contribution is 2.22. The molecule has 0 radical (unpaired) electrons. The molecule has 0 aliphatic rings. The van der Waals surface area contributed by atoms with Crippen molar-refractivity contribution >= 4 is 44.9 Å². The van der Waals surface area contributed by atoms with Gasteiger partial charge >= 0.3 is 0 Å². The third kappa shape index (κ3) is 6.86. The van der Waals surface area contributed by atoms with Crippen LogP contribution in [0.15, 0.2) is 59.8 Å². The normalized spacial score (nSPS) is 11.4. The van der Waals surface area contributed by atoms with Crippen molar-refractivity contribution in [3.8, 4) is 5.75 Å². The van der Waals surface area contributed by atoms with Crippen molar-refractivity contribution in [3.63, 3.8) is 0 Å². The maximum atomic E-state index is 12.3. The molecule has 1 heterocycles. The van der Waals surface area contributed by atoms with Crippen LogP contribution in [0.5, 0.6) is 5.75 Å². The second-order valence-electron chi connectivity index (χ2n) is 7.26. The van der Waals surface area contributed by atoms with E-state index in [1.165, 1.54) is 42.7 Å². The lowest BCUT2D eigenvalue weighted by Crippen LogP contribution is -2.31. The Morgan fingerprint density at radius 1 is 1.06 bits per heavy atom. The number of phenols is 1. The van der Waals surface area contributed by atoms with Crippen LogP contribution in [0, 0.1) is 0 Å². The molecular weight excluding hydrogens is 468 g/mol. The van der Waals surface area contributed by atoms with Gasteiger partial charge in [-0.05, 0) is 56.6 Å². The fraction of sp³-hybridized carbons (Fsp3) is 0.190. The minimum atomic E-state index is -3.59. The monoisotopic (exact) mass is 490 g/mol. The number of carbonyl (C=O) groups is 1. The number of aromatic nitrogens is 2. The second kappa shape index (κ2) is 10.6. The van der Waals surface area contributed by atoms with Gasteiger partial charge in [0.2, 0.25) is 16.0 Å². The molecule has 0 spiro atoms. The largest absolute Gasteiger partial charge is 0.508 e. The SMILES string of the molecule is CN(C)CCNS(=O)(=O)c1ccc(Nc2ncc(NC(=O)c3cc(O)ccc3Cl)cn2)cc1. The van der Waals surface area contributed by atoms with E-state index >= 15 is 0 Å². The van der Waals surface area contributed by atoms with E-state index < -0.39 is 15.9 Å². The highest BCUT2D eigenvalue weighted by molar-refractivity contribution is 7.89. The lowest BCUT2D eigenvalue weighted by atomic mass is 10.2. The molecule has 0 saturated carbocycles. The van der Waals surface area contributed by atoms with Crippen LogP contribution in [0.1, 0.15) is 10.4 Å². The third-order valence-corrected chi connectivity index (χ3v) is 6.18. The molecule has 3 rings (SSSR count). The molecule has 10 nitrogen and oxygen atoms in total. The first-order chi connectivity index (χ1) is 15.6. The summed E-state index contributed by atoms with van der Waals surface area (Å²) >= 11 is 5.99. The summed E-state index contributed by atoms with van der Waals surface area (Å²) in [6.07, 6.45) is 2.80. The highest BCUT2D eigenvalue weighted by atomic mass is 35.5. The third-order valence-electron chi connectivity index (χ3n) is 4.38. The number of nitrogens with one attached hydrogen (secondary N) is 3. The Morgan fingerprint density at radius 3 is 2.36 bits per heavy atom.